The van der Waals surface area contributed by atoms with E-state index < -0.39 is 35.1 Å². The summed E-state index contributed by atoms with van der Waals surface area (Å²) in [4.78, 5) is 44.2. The molecule has 9 heteroatoms. The third-order valence-electron chi connectivity index (χ3n) is 2.92. The Morgan fingerprint density at radius 3 is 1.29 bits per heavy atom. The second kappa shape index (κ2) is 11.0. The molecule has 0 bridgehead atoms. The number of ether oxygens (including phenoxy) is 3. The van der Waals surface area contributed by atoms with Gasteiger partial charge >= 0.3 is 18.3 Å². The molecule has 0 radical (unpaired) electrons. The summed E-state index contributed by atoms with van der Waals surface area (Å²) in [6.45, 7) is 22.3. The molecule has 0 atom stereocenters. The van der Waals surface area contributed by atoms with Gasteiger partial charge in [0, 0.05) is 13.1 Å². The maximum Gasteiger partial charge on any atom is 0.437 e. The van der Waals surface area contributed by atoms with Crippen LogP contribution in [0.2, 0.25) is 0 Å². The highest BCUT2D eigenvalue weighted by Gasteiger charge is 2.34. The molecule has 9 nitrogen and oxygen atoms in total. The highest BCUT2D eigenvalue weighted by molar-refractivity contribution is 6.05. The van der Waals surface area contributed by atoms with Crippen molar-refractivity contribution >= 4 is 24.2 Å². The van der Waals surface area contributed by atoms with Crippen molar-refractivity contribution in [2.75, 3.05) is 13.1 Å². The number of hydrogen-bond acceptors (Lipinski definition) is 6. The first-order chi connectivity index (χ1) is 13.9. The zero-order chi connectivity index (χ0) is 24.6. The van der Waals surface area contributed by atoms with Gasteiger partial charge in [-0.05, 0) is 62.3 Å². The normalized spacial score (nSPS) is 11.6. The van der Waals surface area contributed by atoms with E-state index in [1.807, 2.05) is 0 Å². The Bertz CT molecular complexity index is 664. The van der Waals surface area contributed by atoms with Gasteiger partial charge in [0.15, 0.2) is 0 Å². The topological polar surface area (TPSA) is 97.7 Å². The fourth-order valence-corrected chi connectivity index (χ4v) is 2.00. The van der Waals surface area contributed by atoms with Crippen molar-refractivity contribution in [3.05, 3.63) is 25.3 Å². The van der Waals surface area contributed by atoms with Crippen molar-refractivity contribution in [3.63, 3.8) is 0 Å². The van der Waals surface area contributed by atoms with Crippen molar-refractivity contribution in [2.45, 2.75) is 79.1 Å². The fourth-order valence-electron chi connectivity index (χ4n) is 2.00. The Balaban J connectivity index is 6.50. The van der Waals surface area contributed by atoms with Crippen LogP contribution in [-0.4, -0.2) is 63.9 Å². The van der Waals surface area contributed by atoms with Crippen LogP contribution < -0.4 is 0 Å². The molecule has 0 fully saturated rings. The molecule has 0 saturated heterocycles. The summed E-state index contributed by atoms with van der Waals surface area (Å²) in [6, 6.07) is 0. The zero-order valence-corrected chi connectivity index (χ0v) is 20.3. The summed E-state index contributed by atoms with van der Waals surface area (Å²) in [5.74, 6) is -0.322. The largest absolute Gasteiger partial charge is 0.443 e. The van der Waals surface area contributed by atoms with Crippen LogP contribution in [-0.2, 0) is 14.2 Å². The average molecular weight is 440 g/mol. The van der Waals surface area contributed by atoms with Gasteiger partial charge in [-0.1, -0.05) is 12.2 Å². The van der Waals surface area contributed by atoms with E-state index in [1.54, 1.807) is 62.3 Å². The minimum Gasteiger partial charge on any atom is -0.443 e. The van der Waals surface area contributed by atoms with Gasteiger partial charge in [-0.2, -0.15) is 0 Å². The van der Waals surface area contributed by atoms with Crippen LogP contribution in [0.5, 0.6) is 0 Å². The highest BCUT2D eigenvalue weighted by Crippen LogP contribution is 2.16. The summed E-state index contributed by atoms with van der Waals surface area (Å²) < 4.78 is 16.1. The SMILES string of the molecule is C=CCN(C(=O)OC(C)(C)C)C(=NC(=O)OC(C)(C)C)N(CC=C)C(=O)OC(C)(C)C. The first kappa shape index (κ1) is 28.2. The van der Waals surface area contributed by atoms with Crippen LogP contribution in [0.1, 0.15) is 62.3 Å². The lowest BCUT2D eigenvalue weighted by atomic mass is 10.2. The number of nitrogens with zero attached hydrogens (tertiary/aromatic N) is 3. The maximum absolute atomic E-state index is 12.9. The standard InChI is InChI=1S/C22H37N3O6/c1-12-14-24(18(27)30-21(6,7)8)16(23-17(26)29-20(3,4)5)25(15-13-2)19(28)31-22(9,10)11/h12-13H,1-2,14-15H2,3-11H3. The van der Waals surface area contributed by atoms with Crippen LogP contribution >= 0.6 is 0 Å². The molecule has 0 spiro atoms. The van der Waals surface area contributed by atoms with E-state index in [-0.39, 0.29) is 19.0 Å². The molecule has 0 unspecified atom stereocenters. The summed E-state index contributed by atoms with van der Waals surface area (Å²) in [5.41, 5.74) is -2.50. The Morgan fingerprint density at radius 1 is 0.710 bits per heavy atom. The molecule has 0 aliphatic rings. The van der Waals surface area contributed by atoms with Gasteiger partial charge in [0.2, 0.25) is 5.96 Å². The van der Waals surface area contributed by atoms with Gasteiger partial charge < -0.3 is 14.2 Å². The summed E-state index contributed by atoms with van der Waals surface area (Å²) in [6.07, 6.45) is 0.184. The fraction of sp³-hybridized carbons (Fsp3) is 0.636. The molecule has 0 rings (SSSR count). The first-order valence-electron chi connectivity index (χ1n) is 9.94. The number of aliphatic imine (C=N–C) groups is 1. The second-order valence-electron chi connectivity index (χ2n) is 9.65. The number of hydrogen-bond donors (Lipinski definition) is 0. The molecule has 0 aromatic carbocycles. The average Bonchev–Trinajstić information content (AvgIpc) is 2.50. The zero-order valence-electron chi connectivity index (χ0n) is 20.3. The quantitative estimate of drug-likeness (QED) is 0.261. The van der Waals surface area contributed by atoms with Gasteiger partial charge in [-0.15, -0.1) is 18.2 Å². The molecule has 0 saturated carbocycles. The summed E-state index contributed by atoms with van der Waals surface area (Å²) in [7, 11) is 0. The van der Waals surface area contributed by atoms with Gasteiger partial charge in [0.05, 0.1) is 0 Å². The van der Waals surface area contributed by atoms with E-state index in [1.165, 1.54) is 12.2 Å². The minimum absolute atomic E-state index is 0.0903. The summed E-state index contributed by atoms with van der Waals surface area (Å²) >= 11 is 0. The molecule has 0 aliphatic carbocycles. The smallest absolute Gasteiger partial charge is 0.437 e. The number of guanidine groups is 1. The molecule has 0 N–H and O–H groups in total. The van der Waals surface area contributed by atoms with Crippen molar-refractivity contribution in [1.29, 1.82) is 0 Å². The third kappa shape index (κ3) is 11.8. The van der Waals surface area contributed by atoms with Crippen LogP contribution in [0.4, 0.5) is 14.4 Å². The van der Waals surface area contributed by atoms with Crippen molar-refractivity contribution < 1.29 is 28.6 Å². The van der Waals surface area contributed by atoms with Crippen LogP contribution in [0.3, 0.4) is 0 Å². The molecule has 3 amide bonds. The van der Waals surface area contributed by atoms with E-state index in [2.05, 4.69) is 18.2 Å². The summed E-state index contributed by atoms with van der Waals surface area (Å²) in [5, 5.41) is 0. The monoisotopic (exact) mass is 439 g/mol. The lowest BCUT2D eigenvalue weighted by molar-refractivity contribution is 0.0296. The van der Waals surface area contributed by atoms with Crippen LogP contribution in [0, 0.1) is 0 Å². The Morgan fingerprint density at radius 2 is 1.03 bits per heavy atom. The Kier molecular flexibility index (Phi) is 9.97. The molecule has 176 valence electrons. The lowest BCUT2D eigenvalue weighted by Crippen LogP contribution is -2.52. The van der Waals surface area contributed by atoms with Crippen molar-refractivity contribution in [2.24, 2.45) is 4.99 Å². The third-order valence-corrected chi connectivity index (χ3v) is 2.92. The van der Waals surface area contributed by atoms with E-state index in [9.17, 15) is 14.4 Å². The number of carbonyl (C=O) groups is 3. The van der Waals surface area contributed by atoms with E-state index in [0.29, 0.717) is 0 Å². The van der Waals surface area contributed by atoms with Crippen molar-refractivity contribution in [3.8, 4) is 0 Å². The number of carbonyl (C=O) groups excluding carboxylic acids is 3. The molecule has 31 heavy (non-hydrogen) atoms. The second-order valence-corrected chi connectivity index (χ2v) is 9.65. The highest BCUT2D eigenvalue weighted by atomic mass is 16.6. The molecule has 0 heterocycles. The van der Waals surface area contributed by atoms with E-state index in [0.717, 1.165) is 9.80 Å². The number of amides is 3. The van der Waals surface area contributed by atoms with Gasteiger partial charge in [-0.25, -0.2) is 24.2 Å². The molecular weight excluding hydrogens is 402 g/mol. The van der Waals surface area contributed by atoms with Crippen LogP contribution in [0.15, 0.2) is 30.3 Å². The Labute approximate surface area is 185 Å². The first-order valence-corrected chi connectivity index (χ1v) is 9.94. The van der Waals surface area contributed by atoms with Gasteiger partial charge in [-0.3, -0.25) is 0 Å². The van der Waals surface area contributed by atoms with E-state index >= 15 is 0 Å². The van der Waals surface area contributed by atoms with E-state index in [4.69, 9.17) is 14.2 Å². The lowest BCUT2D eigenvalue weighted by Gasteiger charge is -2.33. The van der Waals surface area contributed by atoms with Gasteiger partial charge in [0.1, 0.15) is 16.8 Å². The molecule has 0 aromatic rings. The van der Waals surface area contributed by atoms with Gasteiger partial charge in [0.25, 0.3) is 0 Å². The van der Waals surface area contributed by atoms with Crippen LogP contribution in [0.25, 0.3) is 0 Å². The number of rotatable bonds is 4. The predicted octanol–water partition coefficient (Wildman–Crippen LogP) is 5.12. The minimum atomic E-state index is -0.988. The molecule has 0 aromatic heterocycles. The maximum atomic E-state index is 12.9. The predicted molar refractivity (Wildman–Crippen MR) is 120 cm³/mol. The Hall–Kier alpha value is -2.84. The molecule has 0 aliphatic heterocycles. The van der Waals surface area contributed by atoms with Crippen molar-refractivity contribution in [1.82, 2.24) is 9.80 Å². The molecular formula is C22H37N3O6.